The zero-order valence-corrected chi connectivity index (χ0v) is 13.5. The summed E-state index contributed by atoms with van der Waals surface area (Å²) in [5, 5.41) is 11.4. The molecule has 0 atom stereocenters. The lowest BCUT2D eigenvalue weighted by atomic mass is 10.2. The minimum absolute atomic E-state index is 0.0951. The summed E-state index contributed by atoms with van der Waals surface area (Å²) < 4.78 is 0. The van der Waals surface area contributed by atoms with Crippen LogP contribution in [0.25, 0.3) is 0 Å². The lowest BCUT2D eigenvalue weighted by molar-refractivity contribution is 0.0983. The first-order valence-electron chi connectivity index (χ1n) is 7.77. The van der Waals surface area contributed by atoms with E-state index in [4.69, 9.17) is 0 Å². The first kappa shape index (κ1) is 15.4. The predicted octanol–water partition coefficient (Wildman–Crippen LogP) is 1.65. The summed E-state index contributed by atoms with van der Waals surface area (Å²) in [6.07, 6.45) is 0.888. The number of rotatable bonds is 5. The highest BCUT2D eigenvalue weighted by molar-refractivity contribution is 6.06. The Kier molecular flexibility index (Phi) is 4.52. The number of carbonyl (C=O) groups excluding carboxylic acids is 1. The van der Waals surface area contributed by atoms with Crippen LogP contribution in [0.15, 0.2) is 36.4 Å². The smallest absolute Gasteiger partial charge is 0.278 e. The van der Waals surface area contributed by atoms with Crippen LogP contribution in [-0.4, -0.2) is 54.7 Å². The number of carbonyl (C=O) groups is 1. The first-order chi connectivity index (χ1) is 11.1. The Labute approximate surface area is 136 Å². The van der Waals surface area contributed by atoms with E-state index in [0.29, 0.717) is 18.1 Å². The molecule has 0 unspecified atom stereocenters. The molecule has 0 fully saturated rings. The number of amides is 1. The summed E-state index contributed by atoms with van der Waals surface area (Å²) in [6, 6.07) is 11.5. The topological polar surface area (TPSA) is 61.4 Å². The molecule has 120 valence electrons. The second-order valence-electron chi connectivity index (χ2n) is 5.87. The van der Waals surface area contributed by atoms with Gasteiger partial charge in [0.2, 0.25) is 0 Å². The van der Waals surface area contributed by atoms with Crippen molar-refractivity contribution in [1.82, 2.24) is 15.1 Å². The third-order valence-electron chi connectivity index (χ3n) is 3.88. The standard InChI is InChI=1S/C17H21N5O/c1-21(2)12-10-18-16-8-7-14(19-20-16)17(23)22-11-9-13-5-3-4-6-15(13)22/h3-8H,9-12H2,1-2H3,(H,18,20). The number of aromatic nitrogens is 2. The number of benzene rings is 1. The molecule has 1 aliphatic rings. The van der Waals surface area contributed by atoms with Gasteiger partial charge >= 0.3 is 0 Å². The SMILES string of the molecule is CN(C)CCNc1ccc(C(=O)N2CCc3ccccc32)nn1. The molecule has 0 saturated heterocycles. The highest BCUT2D eigenvalue weighted by atomic mass is 16.2. The van der Waals surface area contributed by atoms with Crippen molar-refractivity contribution >= 4 is 17.4 Å². The molecule has 23 heavy (non-hydrogen) atoms. The molecule has 0 bridgehead atoms. The van der Waals surface area contributed by atoms with Gasteiger partial charge in [0.1, 0.15) is 5.82 Å². The van der Waals surface area contributed by atoms with E-state index in [2.05, 4.69) is 26.5 Å². The van der Waals surface area contributed by atoms with Gasteiger partial charge in [-0.2, -0.15) is 0 Å². The van der Waals surface area contributed by atoms with Gasteiger partial charge in [-0.1, -0.05) is 18.2 Å². The Morgan fingerprint density at radius 1 is 1.22 bits per heavy atom. The molecule has 0 radical (unpaired) electrons. The summed E-state index contributed by atoms with van der Waals surface area (Å²) in [5.74, 6) is 0.590. The molecule has 6 nitrogen and oxygen atoms in total. The van der Waals surface area contributed by atoms with Gasteiger partial charge in [0, 0.05) is 25.3 Å². The van der Waals surface area contributed by atoms with Gasteiger partial charge in [-0.15, -0.1) is 10.2 Å². The second kappa shape index (κ2) is 6.75. The molecule has 0 aliphatic carbocycles. The van der Waals surface area contributed by atoms with Gasteiger partial charge in [0.25, 0.3) is 5.91 Å². The molecular weight excluding hydrogens is 290 g/mol. The summed E-state index contributed by atoms with van der Waals surface area (Å²) in [6.45, 7) is 2.39. The largest absolute Gasteiger partial charge is 0.367 e. The van der Waals surface area contributed by atoms with Crippen LogP contribution in [0.1, 0.15) is 16.1 Å². The van der Waals surface area contributed by atoms with Crippen molar-refractivity contribution in [1.29, 1.82) is 0 Å². The van der Waals surface area contributed by atoms with E-state index < -0.39 is 0 Å². The average Bonchev–Trinajstić information content (AvgIpc) is 2.98. The number of hydrogen-bond acceptors (Lipinski definition) is 5. The fourth-order valence-electron chi connectivity index (χ4n) is 2.64. The third kappa shape index (κ3) is 3.48. The highest BCUT2D eigenvalue weighted by Crippen LogP contribution is 2.28. The third-order valence-corrected chi connectivity index (χ3v) is 3.88. The normalized spacial score (nSPS) is 13.3. The van der Waals surface area contributed by atoms with Crippen molar-refractivity contribution in [2.24, 2.45) is 0 Å². The van der Waals surface area contributed by atoms with Gasteiger partial charge < -0.3 is 15.1 Å². The fraction of sp³-hybridized carbons (Fsp3) is 0.353. The van der Waals surface area contributed by atoms with E-state index in [1.165, 1.54) is 5.56 Å². The van der Waals surface area contributed by atoms with Crippen molar-refractivity contribution < 1.29 is 4.79 Å². The van der Waals surface area contributed by atoms with Crippen LogP contribution < -0.4 is 10.2 Å². The molecular formula is C17H21N5O. The summed E-state index contributed by atoms with van der Waals surface area (Å²) in [7, 11) is 4.03. The second-order valence-corrected chi connectivity index (χ2v) is 5.87. The Hall–Kier alpha value is -2.47. The quantitative estimate of drug-likeness (QED) is 0.910. The van der Waals surface area contributed by atoms with E-state index in [0.717, 1.165) is 25.2 Å². The van der Waals surface area contributed by atoms with Crippen LogP contribution >= 0.6 is 0 Å². The maximum absolute atomic E-state index is 12.6. The highest BCUT2D eigenvalue weighted by Gasteiger charge is 2.26. The fourth-order valence-corrected chi connectivity index (χ4v) is 2.64. The van der Waals surface area contributed by atoms with Gasteiger partial charge in [-0.25, -0.2) is 0 Å². The van der Waals surface area contributed by atoms with E-state index in [-0.39, 0.29) is 5.91 Å². The molecule has 1 N–H and O–H groups in total. The van der Waals surface area contributed by atoms with Crippen LogP contribution in [0.4, 0.5) is 11.5 Å². The number of nitrogens with zero attached hydrogens (tertiary/aromatic N) is 4. The number of fused-ring (bicyclic) bond motifs is 1. The van der Waals surface area contributed by atoms with E-state index >= 15 is 0 Å². The van der Waals surface area contributed by atoms with Crippen molar-refractivity contribution in [3.63, 3.8) is 0 Å². The Balaban J connectivity index is 1.67. The van der Waals surface area contributed by atoms with Crippen LogP contribution in [0.3, 0.4) is 0 Å². The lowest BCUT2D eigenvalue weighted by Crippen LogP contribution is -2.30. The molecule has 1 aliphatic heterocycles. The monoisotopic (exact) mass is 311 g/mol. The number of hydrogen-bond donors (Lipinski definition) is 1. The molecule has 2 heterocycles. The first-order valence-corrected chi connectivity index (χ1v) is 7.77. The van der Waals surface area contributed by atoms with E-state index in [1.54, 1.807) is 17.0 Å². The van der Waals surface area contributed by atoms with Crippen molar-refractivity contribution in [3.05, 3.63) is 47.7 Å². The maximum Gasteiger partial charge on any atom is 0.278 e. The van der Waals surface area contributed by atoms with Crippen LogP contribution in [-0.2, 0) is 6.42 Å². The van der Waals surface area contributed by atoms with Crippen LogP contribution in [0.5, 0.6) is 0 Å². The number of likely N-dealkylation sites (N-methyl/N-ethyl adjacent to an activating group) is 1. The Bertz CT molecular complexity index is 684. The summed E-state index contributed by atoms with van der Waals surface area (Å²) in [5.41, 5.74) is 2.56. The van der Waals surface area contributed by atoms with Crippen molar-refractivity contribution in [2.45, 2.75) is 6.42 Å². The molecule has 2 aromatic rings. The predicted molar refractivity (Wildman–Crippen MR) is 90.9 cm³/mol. The summed E-state index contributed by atoms with van der Waals surface area (Å²) >= 11 is 0. The van der Waals surface area contributed by atoms with Gasteiger partial charge in [-0.05, 0) is 44.3 Å². The zero-order chi connectivity index (χ0) is 16.2. The van der Waals surface area contributed by atoms with Gasteiger partial charge in [0.15, 0.2) is 5.69 Å². The average molecular weight is 311 g/mol. The van der Waals surface area contributed by atoms with E-state index in [1.807, 2.05) is 32.3 Å². The minimum atomic E-state index is -0.0951. The molecule has 0 saturated carbocycles. The number of nitrogens with one attached hydrogen (secondary N) is 1. The van der Waals surface area contributed by atoms with Gasteiger partial charge in [0.05, 0.1) is 0 Å². The van der Waals surface area contributed by atoms with Crippen molar-refractivity contribution in [3.8, 4) is 0 Å². The van der Waals surface area contributed by atoms with Crippen LogP contribution in [0.2, 0.25) is 0 Å². The molecule has 1 aromatic carbocycles. The van der Waals surface area contributed by atoms with Crippen molar-refractivity contribution in [2.75, 3.05) is 43.9 Å². The Morgan fingerprint density at radius 2 is 2.04 bits per heavy atom. The van der Waals surface area contributed by atoms with E-state index in [9.17, 15) is 4.79 Å². The molecule has 1 amide bonds. The molecule has 6 heteroatoms. The Morgan fingerprint density at radius 3 is 2.78 bits per heavy atom. The molecule has 1 aromatic heterocycles. The maximum atomic E-state index is 12.6. The molecule has 3 rings (SSSR count). The minimum Gasteiger partial charge on any atom is -0.367 e. The van der Waals surface area contributed by atoms with Gasteiger partial charge in [-0.3, -0.25) is 4.79 Å². The lowest BCUT2D eigenvalue weighted by Gasteiger charge is -2.16. The number of anilines is 2. The number of para-hydroxylation sites is 1. The van der Waals surface area contributed by atoms with Crippen LogP contribution in [0, 0.1) is 0 Å². The summed E-state index contributed by atoms with van der Waals surface area (Å²) in [4.78, 5) is 16.5. The molecule has 0 spiro atoms. The zero-order valence-electron chi connectivity index (χ0n) is 13.5.